The van der Waals surface area contributed by atoms with Crippen LogP contribution >= 0.6 is 0 Å². The normalized spacial score (nSPS) is 17.5. The fourth-order valence-electron chi connectivity index (χ4n) is 4.08. The highest BCUT2D eigenvalue weighted by molar-refractivity contribution is 7.89. The summed E-state index contributed by atoms with van der Waals surface area (Å²) in [6.45, 7) is 8.95. The number of amides is 1. The second kappa shape index (κ2) is 9.83. The number of anilines is 2. The van der Waals surface area contributed by atoms with Crippen molar-refractivity contribution in [2.45, 2.75) is 37.6 Å². The summed E-state index contributed by atoms with van der Waals surface area (Å²) in [5, 5.41) is 2.93. The second-order valence-corrected chi connectivity index (χ2v) is 11.4. The van der Waals surface area contributed by atoms with Crippen LogP contribution in [0.3, 0.4) is 0 Å². The van der Waals surface area contributed by atoms with E-state index in [2.05, 4.69) is 21.2 Å². The number of carbonyl (C=O) groups is 1. The molecule has 2 aromatic rings. The van der Waals surface area contributed by atoms with Crippen LogP contribution in [0, 0.1) is 5.92 Å². The van der Waals surface area contributed by atoms with E-state index in [4.69, 9.17) is 0 Å². The van der Waals surface area contributed by atoms with Crippen LogP contribution in [0.15, 0.2) is 53.4 Å². The molecule has 1 saturated heterocycles. The first-order valence-electron chi connectivity index (χ1n) is 11.7. The van der Waals surface area contributed by atoms with Crippen LogP contribution in [0.2, 0.25) is 0 Å². The lowest BCUT2D eigenvalue weighted by Crippen LogP contribution is -2.47. The number of hydrogen-bond donors (Lipinski definition) is 1. The molecule has 0 atom stereocenters. The third-order valence-electron chi connectivity index (χ3n) is 6.56. The molecule has 7 nitrogen and oxygen atoms in total. The highest BCUT2D eigenvalue weighted by atomic mass is 32.2. The average Bonchev–Trinajstić information content (AvgIpc) is 3.63. The van der Waals surface area contributed by atoms with E-state index in [1.165, 1.54) is 35.8 Å². The molecule has 0 radical (unpaired) electrons. The highest BCUT2D eigenvalue weighted by Crippen LogP contribution is 2.30. The molecule has 1 aliphatic heterocycles. The zero-order chi connectivity index (χ0) is 23.6. The number of nitrogens with one attached hydrogen (secondary N) is 1. The maximum absolute atomic E-state index is 12.9. The monoisotopic (exact) mass is 470 g/mol. The molecule has 2 fully saturated rings. The summed E-state index contributed by atoms with van der Waals surface area (Å²) in [5.41, 5.74) is 2.10. The Balaban J connectivity index is 1.42. The van der Waals surface area contributed by atoms with E-state index < -0.39 is 10.0 Å². The molecule has 1 amide bonds. The molecule has 1 saturated carbocycles. The Morgan fingerprint density at radius 2 is 1.76 bits per heavy atom. The molecule has 2 aliphatic rings. The van der Waals surface area contributed by atoms with Gasteiger partial charge in [-0.15, -0.1) is 0 Å². The summed E-state index contributed by atoms with van der Waals surface area (Å²) in [4.78, 5) is 17.9. The van der Waals surface area contributed by atoms with Crippen molar-refractivity contribution in [3.05, 3.63) is 54.1 Å². The number of nitrogens with zero attached hydrogens (tertiary/aromatic N) is 3. The van der Waals surface area contributed by atoms with Crippen molar-refractivity contribution >= 4 is 27.3 Å². The quantitative estimate of drug-likeness (QED) is 0.639. The van der Waals surface area contributed by atoms with Crippen LogP contribution in [-0.2, 0) is 10.0 Å². The van der Waals surface area contributed by atoms with Gasteiger partial charge < -0.3 is 10.2 Å². The molecule has 0 unspecified atom stereocenters. The molecule has 1 heterocycles. The number of piperazine rings is 1. The Morgan fingerprint density at radius 1 is 1.06 bits per heavy atom. The summed E-state index contributed by atoms with van der Waals surface area (Å²) < 4.78 is 26.9. The molecule has 0 bridgehead atoms. The van der Waals surface area contributed by atoms with Gasteiger partial charge >= 0.3 is 0 Å². The van der Waals surface area contributed by atoms with Crippen LogP contribution in [-0.4, -0.2) is 69.3 Å². The van der Waals surface area contributed by atoms with E-state index in [-0.39, 0.29) is 16.8 Å². The molecule has 8 heteroatoms. The molecule has 2 aromatic carbocycles. The van der Waals surface area contributed by atoms with Crippen molar-refractivity contribution in [3.8, 4) is 0 Å². The van der Waals surface area contributed by atoms with E-state index in [1.807, 2.05) is 32.0 Å². The Hall–Kier alpha value is -2.42. The van der Waals surface area contributed by atoms with Crippen molar-refractivity contribution < 1.29 is 13.2 Å². The van der Waals surface area contributed by atoms with Gasteiger partial charge in [-0.1, -0.05) is 12.1 Å². The Bertz CT molecular complexity index is 1090. The van der Waals surface area contributed by atoms with Gasteiger partial charge in [-0.05, 0) is 69.0 Å². The lowest BCUT2D eigenvalue weighted by Gasteiger charge is -2.36. The molecule has 0 spiro atoms. The molecule has 1 aliphatic carbocycles. The largest absolute Gasteiger partial charge is 0.369 e. The maximum Gasteiger partial charge on any atom is 0.255 e. The van der Waals surface area contributed by atoms with Crippen LogP contribution in [0.25, 0.3) is 0 Å². The van der Waals surface area contributed by atoms with Crippen LogP contribution < -0.4 is 10.2 Å². The molecule has 33 heavy (non-hydrogen) atoms. The Kier molecular flexibility index (Phi) is 7.07. The number of benzene rings is 2. The van der Waals surface area contributed by atoms with Crippen molar-refractivity contribution in [3.63, 3.8) is 0 Å². The molecule has 0 aromatic heterocycles. The van der Waals surface area contributed by atoms with Gasteiger partial charge in [-0.3, -0.25) is 9.69 Å². The van der Waals surface area contributed by atoms with E-state index in [0.29, 0.717) is 11.3 Å². The van der Waals surface area contributed by atoms with E-state index in [1.54, 1.807) is 19.2 Å². The number of rotatable bonds is 8. The van der Waals surface area contributed by atoms with E-state index >= 15 is 0 Å². The van der Waals surface area contributed by atoms with Gasteiger partial charge in [0.05, 0.1) is 4.90 Å². The zero-order valence-electron chi connectivity index (χ0n) is 19.7. The van der Waals surface area contributed by atoms with Crippen molar-refractivity contribution in [1.29, 1.82) is 0 Å². The van der Waals surface area contributed by atoms with Crippen LogP contribution in [0.4, 0.5) is 11.4 Å². The summed E-state index contributed by atoms with van der Waals surface area (Å²) >= 11 is 0. The van der Waals surface area contributed by atoms with Crippen LogP contribution in [0.5, 0.6) is 0 Å². The fourth-order valence-corrected chi connectivity index (χ4v) is 5.49. The number of carbonyl (C=O) groups excluding carboxylic acids is 1. The van der Waals surface area contributed by atoms with Gasteiger partial charge in [0.25, 0.3) is 5.91 Å². The summed E-state index contributed by atoms with van der Waals surface area (Å²) in [7, 11) is -2.11. The van der Waals surface area contributed by atoms with Crippen molar-refractivity contribution in [2.75, 3.05) is 50.0 Å². The topological polar surface area (TPSA) is 73.0 Å². The molecule has 4 rings (SSSR count). The smallest absolute Gasteiger partial charge is 0.255 e. The standard InChI is InChI=1S/C25H34N4O3S/c1-19(2)27(3)33(31,32)24-9-4-6-21(16-24)25(30)26-22-7-5-8-23(17-22)29-14-12-28(13-15-29)18-20-10-11-20/h4-9,16-17,19-20H,10-15,18H2,1-3H3,(H,26,30). The predicted octanol–water partition coefficient (Wildman–Crippen LogP) is 3.50. The lowest BCUT2D eigenvalue weighted by atomic mass is 10.2. The minimum atomic E-state index is -3.65. The molecule has 178 valence electrons. The van der Waals surface area contributed by atoms with Gasteiger partial charge in [0.1, 0.15) is 0 Å². The third-order valence-corrected chi connectivity index (χ3v) is 8.58. The zero-order valence-corrected chi connectivity index (χ0v) is 20.5. The first-order valence-corrected chi connectivity index (χ1v) is 13.1. The lowest BCUT2D eigenvalue weighted by molar-refractivity contribution is 0.102. The minimum Gasteiger partial charge on any atom is -0.369 e. The first kappa shape index (κ1) is 23.7. The van der Waals surface area contributed by atoms with E-state index in [0.717, 1.165) is 37.8 Å². The van der Waals surface area contributed by atoms with Gasteiger partial charge in [-0.25, -0.2) is 8.42 Å². The predicted molar refractivity (Wildman–Crippen MR) is 132 cm³/mol. The molecule has 1 N–H and O–H groups in total. The summed E-state index contributed by atoms with van der Waals surface area (Å²) in [6.07, 6.45) is 2.76. The Labute approximate surface area is 197 Å². The Morgan fingerprint density at radius 3 is 2.42 bits per heavy atom. The first-order chi connectivity index (χ1) is 15.7. The maximum atomic E-state index is 12.9. The van der Waals surface area contributed by atoms with Gasteiger partial charge in [0.15, 0.2) is 0 Å². The highest BCUT2D eigenvalue weighted by Gasteiger charge is 2.27. The molecular formula is C25H34N4O3S. The SMILES string of the molecule is CC(C)N(C)S(=O)(=O)c1cccc(C(=O)Nc2cccc(N3CCN(CC4CC4)CC3)c2)c1. The van der Waals surface area contributed by atoms with Gasteiger partial charge in [-0.2, -0.15) is 4.31 Å². The second-order valence-electron chi connectivity index (χ2n) is 9.38. The van der Waals surface area contributed by atoms with Crippen LogP contribution in [0.1, 0.15) is 37.0 Å². The van der Waals surface area contributed by atoms with Crippen molar-refractivity contribution in [2.24, 2.45) is 5.92 Å². The van der Waals surface area contributed by atoms with E-state index in [9.17, 15) is 13.2 Å². The van der Waals surface area contributed by atoms with Crippen molar-refractivity contribution in [1.82, 2.24) is 9.21 Å². The summed E-state index contributed by atoms with van der Waals surface area (Å²) in [6, 6.07) is 13.9. The summed E-state index contributed by atoms with van der Waals surface area (Å²) in [5.74, 6) is 0.583. The average molecular weight is 471 g/mol. The van der Waals surface area contributed by atoms with Gasteiger partial charge in [0.2, 0.25) is 10.0 Å². The number of sulfonamides is 1. The molecular weight excluding hydrogens is 436 g/mol. The fraction of sp³-hybridized carbons (Fsp3) is 0.480. The minimum absolute atomic E-state index is 0.115. The third kappa shape index (κ3) is 5.75. The number of hydrogen-bond acceptors (Lipinski definition) is 5. The van der Waals surface area contributed by atoms with Gasteiger partial charge in [0, 0.05) is 62.8 Å².